The van der Waals surface area contributed by atoms with Gasteiger partial charge in [0.1, 0.15) is 0 Å². The maximum Gasteiger partial charge on any atom is 0.244 e. The molecule has 2 N–H and O–H groups in total. The number of hydrogen-bond donors (Lipinski definition) is 2. The number of amides is 1. The normalized spacial score (nSPS) is 12.6. The first-order chi connectivity index (χ1) is 10.3. The standard InChI is InChI=1S/C16H19NO2S2/c18-9-6-13(14-7-11-20-12-14)5-8-17-16(19)4-3-15-2-1-10-21-15/h1-4,7,10-13,18H,5-6,8-9H2,(H,17,19)/b4-3+. The van der Waals surface area contributed by atoms with Crippen molar-refractivity contribution >= 4 is 34.7 Å². The summed E-state index contributed by atoms with van der Waals surface area (Å²) in [5.74, 6) is 0.235. The average Bonchev–Trinajstić information content (AvgIpc) is 3.17. The van der Waals surface area contributed by atoms with E-state index in [-0.39, 0.29) is 12.5 Å². The summed E-state index contributed by atoms with van der Waals surface area (Å²) < 4.78 is 0. The highest BCUT2D eigenvalue weighted by molar-refractivity contribution is 7.10. The minimum absolute atomic E-state index is 0.0727. The molecule has 2 heterocycles. The van der Waals surface area contributed by atoms with Crippen LogP contribution in [-0.2, 0) is 4.79 Å². The molecule has 2 aromatic rings. The van der Waals surface area contributed by atoms with Gasteiger partial charge in [0, 0.05) is 24.1 Å². The van der Waals surface area contributed by atoms with E-state index >= 15 is 0 Å². The summed E-state index contributed by atoms with van der Waals surface area (Å²) in [6.45, 7) is 0.793. The van der Waals surface area contributed by atoms with Crippen LogP contribution in [0.4, 0.5) is 0 Å². The van der Waals surface area contributed by atoms with E-state index in [0.717, 1.165) is 17.7 Å². The Morgan fingerprint density at radius 1 is 1.33 bits per heavy atom. The predicted octanol–water partition coefficient (Wildman–Crippen LogP) is 3.50. The lowest BCUT2D eigenvalue weighted by atomic mass is 9.95. The lowest BCUT2D eigenvalue weighted by molar-refractivity contribution is -0.116. The highest BCUT2D eigenvalue weighted by Gasteiger charge is 2.11. The highest BCUT2D eigenvalue weighted by atomic mass is 32.1. The second-order valence-corrected chi connectivity index (χ2v) is 6.45. The van der Waals surface area contributed by atoms with Crippen molar-refractivity contribution in [3.05, 3.63) is 50.9 Å². The van der Waals surface area contributed by atoms with Crippen molar-refractivity contribution in [1.82, 2.24) is 5.32 Å². The Hall–Kier alpha value is -1.43. The van der Waals surface area contributed by atoms with E-state index < -0.39 is 0 Å². The van der Waals surface area contributed by atoms with Crippen molar-refractivity contribution < 1.29 is 9.90 Å². The Morgan fingerprint density at radius 3 is 2.90 bits per heavy atom. The monoisotopic (exact) mass is 321 g/mol. The van der Waals surface area contributed by atoms with Gasteiger partial charge in [-0.2, -0.15) is 11.3 Å². The molecular formula is C16H19NO2S2. The van der Waals surface area contributed by atoms with Crippen molar-refractivity contribution in [3.8, 4) is 0 Å². The van der Waals surface area contributed by atoms with E-state index in [9.17, 15) is 4.79 Å². The maximum atomic E-state index is 11.7. The summed E-state index contributed by atoms with van der Waals surface area (Å²) in [6, 6.07) is 6.02. The minimum atomic E-state index is -0.0727. The van der Waals surface area contributed by atoms with Gasteiger partial charge in [-0.1, -0.05) is 6.07 Å². The lowest BCUT2D eigenvalue weighted by Gasteiger charge is -2.14. The van der Waals surface area contributed by atoms with Crippen LogP contribution < -0.4 is 5.32 Å². The molecule has 1 amide bonds. The molecule has 5 heteroatoms. The molecule has 3 nitrogen and oxygen atoms in total. The summed E-state index contributed by atoms with van der Waals surface area (Å²) in [5, 5.41) is 18.2. The zero-order valence-electron chi connectivity index (χ0n) is 11.7. The highest BCUT2D eigenvalue weighted by Crippen LogP contribution is 2.24. The van der Waals surface area contributed by atoms with E-state index in [2.05, 4.69) is 16.8 Å². The molecule has 0 aliphatic carbocycles. The van der Waals surface area contributed by atoms with Crippen LogP contribution in [0.15, 0.2) is 40.4 Å². The van der Waals surface area contributed by atoms with E-state index in [0.29, 0.717) is 12.5 Å². The number of carbonyl (C=O) groups excluding carboxylic acids is 1. The molecule has 21 heavy (non-hydrogen) atoms. The summed E-state index contributed by atoms with van der Waals surface area (Å²) in [5.41, 5.74) is 1.25. The third-order valence-electron chi connectivity index (χ3n) is 3.23. The fourth-order valence-electron chi connectivity index (χ4n) is 2.11. The van der Waals surface area contributed by atoms with Crippen LogP contribution in [0.3, 0.4) is 0 Å². The topological polar surface area (TPSA) is 49.3 Å². The van der Waals surface area contributed by atoms with Gasteiger partial charge >= 0.3 is 0 Å². The van der Waals surface area contributed by atoms with Gasteiger partial charge in [0.25, 0.3) is 0 Å². The lowest BCUT2D eigenvalue weighted by Crippen LogP contribution is -2.23. The molecular weight excluding hydrogens is 302 g/mol. The molecule has 112 valence electrons. The van der Waals surface area contributed by atoms with Crippen LogP contribution in [-0.4, -0.2) is 24.2 Å². The summed E-state index contributed by atoms with van der Waals surface area (Å²) in [7, 11) is 0. The second-order valence-electron chi connectivity index (χ2n) is 4.69. The van der Waals surface area contributed by atoms with Gasteiger partial charge < -0.3 is 10.4 Å². The van der Waals surface area contributed by atoms with E-state index in [1.165, 1.54) is 5.56 Å². The second kappa shape index (κ2) is 8.77. The molecule has 0 aliphatic rings. The fourth-order valence-corrected chi connectivity index (χ4v) is 3.47. The Balaban J connectivity index is 1.75. The molecule has 2 rings (SSSR count). The van der Waals surface area contributed by atoms with Crippen LogP contribution >= 0.6 is 22.7 Å². The Bertz CT molecular complexity index is 547. The average molecular weight is 321 g/mol. The van der Waals surface area contributed by atoms with Crippen LogP contribution in [0.1, 0.15) is 29.2 Å². The van der Waals surface area contributed by atoms with Crippen molar-refractivity contribution in [2.45, 2.75) is 18.8 Å². The van der Waals surface area contributed by atoms with E-state index in [1.54, 1.807) is 28.7 Å². The van der Waals surface area contributed by atoms with Gasteiger partial charge in [0.2, 0.25) is 5.91 Å². The molecule has 1 unspecified atom stereocenters. The molecule has 0 bridgehead atoms. The number of thiophene rings is 2. The number of hydrogen-bond acceptors (Lipinski definition) is 4. The minimum Gasteiger partial charge on any atom is -0.396 e. The zero-order valence-corrected chi connectivity index (χ0v) is 13.3. The Morgan fingerprint density at radius 2 is 2.24 bits per heavy atom. The molecule has 0 saturated heterocycles. The quantitative estimate of drug-likeness (QED) is 0.731. The van der Waals surface area contributed by atoms with Crippen molar-refractivity contribution in [2.75, 3.05) is 13.2 Å². The van der Waals surface area contributed by atoms with Gasteiger partial charge in [0.15, 0.2) is 0 Å². The first-order valence-electron chi connectivity index (χ1n) is 6.92. The number of rotatable bonds is 8. The zero-order chi connectivity index (χ0) is 14.9. The van der Waals surface area contributed by atoms with Crippen molar-refractivity contribution in [1.29, 1.82) is 0 Å². The van der Waals surface area contributed by atoms with Crippen LogP contribution in [0, 0.1) is 0 Å². The van der Waals surface area contributed by atoms with Gasteiger partial charge in [-0.15, -0.1) is 11.3 Å². The SMILES string of the molecule is O=C(/C=C/c1cccs1)NCCC(CCO)c1ccsc1. The van der Waals surface area contributed by atoms with Crippen molar-refractivity contribution in [2.24, 2.45) is 0 Å². The first kappa shape index (κ1) is 15.9. The van der Waals surface area contributed by atoms with Crippen LogP contribution in [0.5, 0.6) is 0 Å². The third kappa shape index (κ3) is 5.46. The van der Waals surface area contributed by atoms with Gasteiger partial charge in [0.05, 0.1) is 0 Å². The summed E-state index contributed by atoms with van der Waals surface area (Å²) >= 11 is 3.27. The summed E-state index contributed by atoms with van der Waals surface area (Å²) in [4.78, 5) is 12.8. The molecule has 2 aromatic heterocycles. The van der Waals surface area contributed by atoms with E-state index in [4.69, 9.17) is 5.11 Å². The molecule has 0 aromatic carbocycles. The summed E-state index contributed by atoms with van der Waals surface area (Å²) in [6.07, 6.45) is 4.97. The fraction of sp³-hybridized carbons (Fsp3) is 0.312. The van der Waals surface area contributed by atoms with Gasteiger partial charge in [-0.25, -0.2) is 0 Å². The molecule has 0 aliphatic heterocycles. The number of carbonyl (C=O) groups is 1. The van der Waals surface area contributed by atoms with Crippen molar-refractivity contribution in [3.63, 3.8) is 0 Å². The molecule has 0 fully saturated rings. The maximum absolute atomic E-state index is 11.7. The Labute approximate surface area is 133 Å². The van der Waals surface area contributed by atoms with Crippen LogP contribution in [0.2, 0.25) is 0 Å². The third-order valence-corrected chi connectivity index (χ3v) is 4.77. The largest absolute Gasteiger partial charge is 0.396 e. The number of aliphatic hydroxyl groups excluding tert-OH is 1. The smallest absolute Gasteiger partial charge is 0.244 e. The number of aliphatic hydroxyl groups is 1. The Kier molecular flexibility index (Phi) is 6.66. The molecule has 1 atom stereocenters. The van der Waals surface area contributed by atoms with Crippen LogP contribution in [0.25, 0.3) is 6.08 Å². The molecule has 0 saturated carbocycles. The molecule has 0 radical (unpaired) electrons. The van der Waals surface area contributed by atoms with E-state index in [1.807, 2.05) is 29.0 Å². The first-order valence-corrected chi connectivity index (χ1v) is 8.74. The molecule has 0 spiro atoms. The van der Waals surface area contributed by atoms with Gasteiger partial charge in [-0.3, -0.25) is 4.79 Å². The van der Waals surface area contributed by atoms with Gasteiger partial charge in [-0.05, 0) is 58.7 Å². The predicted molar refractivity (Wildman–Crippen MR) is 89.7 cm³/mol. The number of nitrogens with one attached hydrogen (secondary N) is 1.